The van der Waals surface area contributed by atoms with Crippen LogP contribution in [-0.4, -0.2) is 36.4 Å². The van der Waals surface area contributed by atoms with Crippen molar-refractivity contribution in [3.63, 3.8) is 0 Å². The molecule has 2 rings (SSSR count). The van der Waals surface area contributed by atoms with Crippen molar-refractivity contribution in [2.75, 3.05) is 26.2 Å². The second-order valence-electron chi connectivity index (χ2n) is 6.81. The van der Waals surface area contributed by atoms with Crippen LogP contribution < -0.4 is 4.74 Å². The SMILES string of the molecule is CCN(CC)CCOc1ccc(/C(C#N)=C\c2ccc(SC(C)C)cc2)cc1. The minimum atomic E-state index is 0.559. The number of hydrogen-bond donors (Lipinski definition) is 0. The summed E-state index contributed by atoms with van der Waals surface area (Å²) in [5.74, 6) is 0.836. The first-order valence-corrected chi connectivity index (χ1v) is 10.8. The summed E-state index contributed by atoms with van der Waals surface area (Å²) in [5.41, 5.74) is 2.59. The van der Waals surface area contributed by atoms with E-state index in [1.165, 1.54) is 4.90 Å². The summed E-state index contributed by atoms with van der Waals surface area (Å²) in [6.45, 7) is 12.3. The van der Waals surface area contributed by atoms with E-state index in [-0.39, 0.29) is 0 Å². The van der Waals surface area contributed by atoms with Crippen LogP contribution in [0.5, 0.6) is 5.75 Å². The van der Waals surface area contributed by atoms with E-state index in [1.54, 1.807) is 0 Å². The molecule has 2 aromatic carbocycles. The molecule has 0 radical (unpaired) electrons. The highest BCUT2D eigenvalue weighted by molar-refractivity contribution is 7.99. The second-order valence-corrected chi connectivity index (χ2v) is 8.46. The molecular formula is C24H30N2OS. The third kappa shape index (κ3) is 7.07. The number of nitriles is 1. The number of benzene rings is 2. The number of allylic oxidation sites excluding steroid dienone is 1. The third-order valence-corrected chi connectivity index (χ3v) is 5.44. The number of thioether (sulfide) groups is 1. The Bertz CT molecular complexity index is 785. The van der Waals surface area contributed by atoms with Crippen molar-refractivity contribution in [1.29, 1.82) is 5.26 Å². The molecule has 2 aromatic rings. The quantitative estimate of drug-likeness (QED) is 0.282. The fourth-order valence-corrected chi connectivity index (χ4v) is 3.66. The van der Waals surface area contributed by atoms with Crippen molar-refractivity contribution in [2.45, 2.75) is 37.8 Å². The number of rotatable bonds is 10. The van der Waals surface area contributed by atoms with Crippen molar-refractivity contribution >= 4 is 23.4 Å². The van der Waals surface area contributed by atoms with Crippen LogP contribution >= 0.6 is 11.8 Å². The zero-order valence-corrected chi connectivity index (χ0v) is 18.1. The largest absolute Gasteiger partial charge is 0.492 e. The van der Waals surface area contributed by atoms with Gasteiger partial charge >= 0.3 is 0 Å². The monoisotopic (exact) mass is 394 g/mol. The Kier molecular flexibility index (Phi) is 9.13. The first-order valence-electron chi connectivity index (χ1n) is 9.89. The molecule has 0 unspecified atom stereocenters. The Morgan fingerprint density at radius 2 is 1.71 bits per heavy atom. The van der Waals surface area contributed by atoms with Crippen molar-refractivity contribution in [1.82, 2.24) is 4.90 Å². The van der Waals surface area contributed by atoms with Gasteiger partial charge in [-0.15, -0.1) is 11.8 Å². The number of likely N-dealkylation sites (N-methyl/N-ethyl adjacent to an activating group) is 1. The number of nitrogens with zero attached hydrogens (tertiary/aromatic N) is 2. The first-order chi connectivity index (χ1) is 13.5. The molecule has 0 saturated heterocycles. The van der Waals surface area contributed by atoms with Gasteiger partial charge in [-0.05, 0) is 66.7 Å². The average Bonchev–Trinajstić information content (AvgIpc) is 2.71. The lowest BCUT2D eigenvalue weighted by atomic mass is 10.0. The summed E-state index contributed by atoms with van der Waals surface area (Å²) in [6, 6.07) is 18.4. The Morgan fingerprint density at radius 3 is 2.25 bits per heavy atom. The zero-order valence-electron chi connectivity index (χ0n) is 17.3. The van der Waals surface area contributed by atoms with Crippen molar-refractivity contribution in [3.05, 3.63) is 59.7 Å². The second kappa shape index (κ2) is 11.6. The molecule has 0 fully saturated rings. The van der Waals surface area contributed by atoms with E-state index in [2.05, 4.69) is 62.9 Å². The van der Waals surface area contributed by atoms with Gasteiger partial charge in [0.25, 0.3) is 0 Å². The molecular weight excluding hydrogens is 364 g/mol. The van der Waals surface area contributed by atoms with E-state index in [9.17, 15) is 5.26 Å². The normalized spacial score (nSPS) is 11.7. The summed E-state index contributed by atoms with van der Waals surface area (Å²) in [7, 11) is 0. The summed E-state index contributed by atoms with van der Waals surface area (Å²) >= 11 is 1.84. The molecule has 0 spiro atoms. The summed E-state index contributed by atoms with van der Waals surface area (Å²) in [4.78, 5) is 3.58. The first kappa shape index (κ1) is 22.1. The molecule has 0 aliphatic heterocycles. The molecule has 148 valence electrons. The van der Waals surface area contributed by atoms with Gasteiger partial charge in [-0.3, -0.25) is 0 Å². The van der Waals surface area contributed by atoms with Gasteiger partial charge in [0.1, 0.15) is 12.4 Å². The molecule has 3 nitrogen and oxygen atoms in total. The van der Waals surface area contributed by atoms with Gasteiger partial charge in [-0.25, -0.2) is 0 Å². The molecule has 0 saturated carbocycles. The molecule has 0 aromatic heterocycles. The van der Waals surface area contributed by atoms with Crippen LogP contribution in [0, 0.1) is 11.3 Å². The smallest absolute Gasteiger partial charge is 0.119 e. The lowest BCUT2D eigenvalue weighted by Crippen LogP contribution is -2.27. The van der Waals surface area contributed by atoms with Crippen molar-refractivity contribution in [3.8, 4) is 11.8 Å². The van der Waals surface area contributed by atoms with E-state index in [0.29, 0.717) is 17.4 Å². The zero-order chi connectivity index (χ0) is 20.4. The van der Waals surface area contributed by atoms with E-state index in [0.717, 1.165) is 36.5 Å². The van der Waals surface area contributed by atoms with Crippen LogP contribution in [0.25, 0.3) is 11.6 Å². The van der Waals surface area contributed by atoms with Gasteiger partial charge < -0.3 is 9.64 Å². The lowest BCUT2D eigenvalue weighted by Gasteiger charge is -2.18. The maximum absolute atomic E-state index is 9.58. The number of ether oxygens (including phenoxy) is 1. The van der Waals surface area contributed by atoms with Crippen LogP contribution in [0.1, 0.15) is 38.8 Å². The van der Waals surface area contributed by atoms with Gasteiger partial charge in [-0.1, -0.05) is 39.8 Å². The summed E-state index contributed by atoms with van der Waals surface area (Å²) < 4.78 is 5.83. The number of hydrogen-bond acceptors (Lipinski definition) is 4. The van der Waals surface area contributed by atoms with Gasteiger partial charge in [0.2, 0.25) is 0 Å². The molecule has 28 heavy (non-hydrogen) atoms. The maximum atomic E-state index is 9.58. The Hall–Kier alpha value is -2.22. The van der Waals surface area contributed by atoms with Crippen molar-refractivity contribution < 1.29 is 4.74 Å². The Balaban J connectivity index is 2.02. The fourth-order valence-electron chi connectivity index (χ4n) is 2.82. The predicted molar refractivity (Wildman–Crippen MR) is 121 cm³/mol. The minimum Gasteiger partial charge on any atom is -0.492 e. The highest BCUT2D eigenvalue weighted by atomic mass is 32.2. The Morgan fingerprint density at radius 1 is 1.07 bits per heavy atom. The molecule has 0 aliphatic carbocycles. The van der Waals surface area contributed by atoms with Gasteiger partial charge in [0, 0.05) is 16.7 Å². The van der Waals surface area contributed by atoms with Crippen LogP contribution in [0.3, 0.4) is 0 Å². The highest BCUT2D eigenvalue weighted by Crippen LogP contribution is 2.25. The van der Waals surface area contributed by atoms with Gasteiger partial charge in [0.05, 0.1) is 11.6 Å². The molecule has 0 heterocycles. The fraction of sp³-hybridized carbons (Fsp3) is 0.375. The van der Waals surface area contributed by atoms with Crippen LogP contribution in [0.2, 0.25) is 0 Å². The average molecular weight is 395 g/mol. The minimum absolute atomic E-state index is 0.559. The highest BCUT2D eigenvalue weighted by Gasteiger charge is 2.04. The predicted octanol–water partition coefficient (Wildman–Crippen LogP) is 5.97. The molecule has 0 N–H and O–H groups in total. The van der Waals surface area contributed by atoms with Crippen molar-refractivity contribution in [2.24, 2.45) is 0 Å². The topological polar surface area (TPSA) is 36.3 Å². The van der Waals surface area contributed by atoms with Gasteiger partial charge in [0.15, 0.2) is 0 Å². The van der Waals surface area contributed by atoms with Crippen LogP contribution in [-0.2, 0) is 0 Å². The van der Waals surface area contributed by atoms with Crippen LogP contribution in [0.4, 0.5) is 0 Å². The molecule has 0 aliphatic rings. The molecule has 0 bridgehead atoms. The van der Waals surface area contributed by atoms with E-state index >= 15 is 0 Å². The molecule has 0 amide bonds. The van der Waals surface area contributed by atoms with E-state index in [1.807, 2.05) is 42.1 Å². The molecule has 4 heteroatoms. The van der Waals surface area contributed by atoms with Gasteiger partial charge in [-0.2, -0.15) is 5.26 Å². The summed E-state index contributed by atoms with van der Waals surface area (Å²) in [5, 5.41) is 10.1. The lowest BCUT2D eigenvalue weighted by molar-refractivity contribution is 0.223. The molecule has 0 atom stereocenters. The third-order valence-electron chi connectivity index (χ3n) is 4.42. The standard InChI is InChI=1S/C24H30N2OS/c1-5-26(6-2)15-16-27-23-11-9-21(10-12-23)22(18-25)17-20-7-13-24(14-8-20)28-19(3)4/h7-14,17,19H,5-6,15-16H2,1-4H3/b22-17-. The van der Waals surface area contributed by atoms with E-state index in [4.69, 9.17) is 4.74 Å². The maximum Gasteiger partial charge on any atom is 0.119 e. The Labute approximate surface area is 174 Å². The van der Waals surface area contributed by atoms with Crippen LogP contribution in [0.15, 0.2) is 53.4 Å². The van der Waals surface area contributed by atoms with E-state index < -0.39 is 0 Å². The summed E-state index contributed by atoms with van der Waals surface area (Å²) in [6.07, 6.45) is 1.93.